The van der Waals surface area contributed by atoms with E-state index in [0.717, 1.165) is 0 Å². The second-order valence-electron chi connectivity index (χ2n) is 3.51. The van der Waals surface area contributed by atoms with Crippen molar-refractivity contribution in [3.05, 3.63) is 35.9 Å². The van der Waals surface area contributed by atoms with Crippen LogP contribution in [0.3, 0.4) is 0 Å². The van der Waals surface area contributed by atoms with E-state index in [9.17, 15) is 13.2 Å². The number of ether oxygens (including phenoxy) is 1. The molecule has 0 spiro atoms. The Kier molecular flexibility index (Phi) is 3.87. The molecule has 0 saturated carbocycles. The first-order valence-electron chi connectivity index (χ1n) is 4.75. The van der Waals surface area contributed by atoms with E-state index >= 15 is 0 Å². The van der Waals surface area contributed by atoms with Crippen LogP contribution in [-0.2, 0) is 24.5 Å². The van der Waals surface area contributed by atoms with Gasteiger partial charge in [-0.3, -0.25) is 4.79 Å². The molecule has 4 N–H and O–H groups in total. The molecule has 0 aromatic heterocycles. The Morgan fingerprint density at radius 2 is 1.88 bits per heavy atom. The van der Waals surface area contributed by atoms with Gasteiger partial charge in [-0.1, -0.05) is 30.3 Å². The summed E-state index contributed by atoms with van der Waals surface area (Å²) in [6.45, 7) is 0. The molecular formula is C10H14N2O4S. The number of rotatable bonds is 5. The van der Waals surface area contributed by atoms with Crippen molar-refractivity contribution in [2.45, 2.75) is 11.4 Å². The van der Waals surface area contributed by atoms with Crippen molar-refractivity contribution in [2.24, 2.45) is 10.9 Å². The molecule has 0 aliphatic rings. The molecule has 1 aromatic rings. The number of primary sulfonamides is 1. The Morgan fingerprint density at radius 3 is 2.24 bits per heavy atom. The van der Waals surface area contributed by atoms with Gasteiger partial charge in [0, 0.05) is 12.7 Å². The standard InChI is InChI=1S/C10H14N2O4S/c1-16-10(7-9(11)13,17(12,14)15)8-5-3-2-4-6-8/h2-6H,7H2,1H3,(H2,11,13)(H2,12,14,15). The molecule has 0 aliphatic heterocycles. The second kappa shape index (κ2) is 4.82. The van der Waals surface area contributed by atoms with Crippen molar-refractivity contribution in [2.75, 3.05) is 7.11 Å². The summed E-state index contributed by atoms with van der Waals surface area (Å²) in [6.07, 6.45) is -0.535. The summed E-state index contributed by atoms with van der Waals surface area (Å²) in [6, 6.07) is 7.97. The molecule has 1 atom stereocenters. The van der Waals surface area contributed by atoms with Crippen molar-refractivity contribution in [3.8, 4) is 0 Å². The van der Waals surface area contributed by atoms with Crippen molar-refractivity contribution in [3.63, 3.8) is 0 Å². The zero-order chi connectivity index (χ0) is 13.1. The maximum atomic E-state index is 11.7. The molecule has 7 heteroatoms. The van der Waals surface area contributed by atoms with E-state index in [1.807, 2.05) is 0 Å². The molecule has 6 nitrogen and oxygen atoms in total. The number of sulfonamides is 1. The number of amides is 1. The molecule has 0 aliphatic carbocycles. The lowest BCUT2D eigenvalue weighted by molar-refractivity contribution is -0.121. The van der Waals surface area contributed by atoms with Crippen molar-refractivity contribution in [1.29, 1.82) is 0 Å². The van der Waals surface area contributed by atoms with Crippen LogP contribution in [0.1, 0.15) is 12.0 Å². The van der Waals surface area contributed by atoms with Gasteiger partial charge in [-0.15, -0.1) is 0 Å². The number of hydrogen-bond acceptors (Lipinski definition) is 4. The van der Waals surface area contributed by atoms with E-state index in [1.165, 1.54) is 19.2 Å². The normalized spacial score (nSPS) is 15.2. The van der Waals surface area contributed by atoms with Gasteiger partial charge in [-0.25, -0.2) is 13.6 Å². The zero-order valence-corrected chi connectivity index (χ0v) is 10.1. The minimum Gasteiger partial charge on any atom is -0.370 e. The van der Waals surface area contributed by atoms with Crippen LogP contribution in [0.15, 0.2) is 30.3 Å². The van der Waals surface area contributed by atoms with Gasteiger partial charge in [-0.05, 0) is 0 Å². The molecular weight excluding hydrogens is 244 g/mol. The van der Waals surface area contributed by atoms with Gasteiger partial charge >= 0.3 is 0 Å². The van der Waals surface area contributed by atoms with Crippen LogP contribution >= 0.6 is 0 Å². The van der Waals surface area contributed by atoms with E-state index in [4.69, 9.17) is 15.6 Å². The Balaban J connectivity index is 3.42. The van der Waals surface area contributed by atoms with Gasteiger partial charge < -0.3 is 10.5 Å². The van der Waals surface area contributed by atoms with Crippen LogP contribution in [0, 0.1) is 0 Å². The number of methoxy groups -OCH3 is 1. The quantitative estimate of drug-likeness (QED) is 0.751. The van der Waals surface area contributed by atoms with Gasteiger partial charge in [0.25, 0.3) is 0 Å². The summed E-state index contributed by atoms with van der Waals surface area (Å²) < 4.78 is 28.3. The fourth-order valence-electron chi connectivity index (χ4n) is 1.59. The number of carbonyl (C=O) groups is 1. The molecule has 0 heterocycles. The van der Waals surface area contributed by atoms with E-state index in [1.54, 1.807) is 18.2 Å². The van der Waals surface area contributed by atoms with E-state index < -0.39 is 27.3 Å². The first-order chi connectivity index (χ1) is 7.83. The highest BCUT2D eigenvalue weighted by atomic mass is 32.2. The van der Waals surface area contributed by atoms with Crippen LogP contribution < -0.4 is 10.9 Å². The van der Waals surface area contributed by atoms with Crippen LogP contribution in [0.2, 0.25) is 0 Å². The highest BCUT2D eigenvalue weighted by Crippen LogP contribution is 2.32. The summed E-state index contributed by atoms with van der Waals surface area (Å²) in [5.41, 5.74) is 5.32. The maximum Gasteiger partial charge on any atom is 0.244 e. The molecule has 1 rings (SSSR count). The van der Waals surface area contributed by atoms with E-state index in [0.29, 0.717) is 0 Å². The summed E-state index contributed by atoms with van der Waals surface area (Å²) in [4.78, 5) is 9.09. The smallest absolute Gasteiger partial charge is 0.244 e. The molecule has 0 bridgehead atoms. The third-order valence-electron chi connectivity index (χ3n) is 2.41. The molecule has 94 valence electrons. The minimum atomic E-state index is -4.15. The van der Waals surface area contributed by atoms with Gasteiger partial charge in [0.1, 0.15) is 0 Å². The van der Waals surface area contributed by atoms with Crippen LogP contribution in [0.5, 0.6) is 0 Å². The summed E-state index contributed by atoms with van der Waals surface area (Å²) in [7, 11) is -2.98. The topological polar surface area (TPSA) is 112 Å². The molecule has 0 fully saturated rings. The third kappa shape index (κ3) is 2.63. The van der Waals surface area contributed by atoms with Crippen molar-refractivity contribution in [1.82, 2.24) is 0 Å². The average molecular weight is 258 g/mol. The van der Waals surface area contributed by atoms with E-state index in [-0.39, 0.29) is 5.56 Å². The van der Waals surface area contributed by atoms with Gasteiger partial charge in [0.15, 0.2) is 0 Å². The Bertz CT molecular complexity index is 500. The van der Waals surface area contributed by atoms with Crippen LogP contribution in [0.25, 0.3) is 0 Å². The van der Waals surface area contributed by atoms with Gasteiger partial charge in [0.05, 0.1) is 6.42 Å². The molecule has 1 aromatic carbocycles. The SMILES string of the molecule is COC(CC(N)=O)(c1ccccc1)S(N)(=O)=O. The lowest BCUT2D eigenvalue weighted by atomic mass is 10.1. The Labute approximate surface area is 99.6 Å². The lowest BCUT2D eigenvalue weighted by Gasteiger charge is -2.29. The number of carbonyl (C=O) groups excluding carboxylic acids is 1. The predicted molar refractivity (Wildman–Crippen MR) is 62.0 cm³/mol. The summed E-state index contributed by atoms with van der Waals surface area (Å²) >= 11 is 0. The van der Waals surface area contributed by atoms with Crippen LogP contribution in [0.4, 0.5) is 0 Å². The fraction of sp³-hybridized carbons (Fsp3) is 0.300. The Hall–Kier alpha value is -1.44. The fourth-order valence-corrected chi connectivity index (χ4v) is 2.63. The number of hydrogen-bond donors (Lipinski definition) is 2. The van der Waals surface area contributed by atoms with E-state index in [2.05, 4.69) is 0 Å². The number of primary amides is 1. The molecule has 1 amide bonds. The van der Waals surface area contributed by atoms with Gasteiger partial charge in [-0.2, -0.15) is 0 Å². The van der Waals surface area contributed by atoms with Crippen molar-refractivity contribution < 1.29 is 17.9 Å². The second-order valence-corrected chi connectivity index (χ2v) is 5.26. The van der Waals surface area contributed by atoms with Crippen molar-refractivity contribution >= 4 is 15.9 Å². The maximum absolute atomic E-state index is 11.7. The first kappa shape index (κ1) is 13.6. The monoisotopic (exact) mass is 258 g/mol. The largest absolute Gasteiger partial charge is 0.370 e. The van der Waals surface area contributed by atoms with Crippen LogP contribution in [-0.4, -0.2) is 21.4 Å². The average Bonchev–Trinajstić information content (AvgIpc) is 2.25. The lowest BCUT2D eigenvalue weighted by Crippen LogP contribution is -2.45. The highest BCUT2D eigenvalue weighted by molar-refractivity contribution is 7.90. The molecule has 17 heavy (non-hydrogen) atoms. The summed E-state index contributed by atoms with van der Waals surface area (Å²) in [5, 5.41) is 5.14. The summed E-state index contributed by atoms with van der Waals surface area (Å²) in [5.74, 6) is -0.815. The van der Waals surface area contributed by atoms with Gasteiger partial charge in [0.2, 0.25) is 20.9 Å². The minimum absolute atomic E-state index is 0.267. The Morgan fingerprint density at radius 1 is 1.35 bits per heavy atom. The highest BCUT2D eigenvalue weighted by Gasteiger charge is 2.45. The molecule has 0 saturated heterocycles. The molecule has 1 unspecified atom stereocenters. The number of benzene rings is 1. The third-order valence-corrected chi connectivity index (χ3v) is 3.88. The zero-order valence-electron chi connectivity index (χ0n) is 9.29. The first-order valence-corrected chi connectivity index (χ1v) is 6.29. The molecule has 0 radical (unpaired) electrons. The number of nitrogens with two attached hydrogens (primary N) is 2. The predicted octanol–water partition coefficient (Wildman–Crippen LogP) is -0.350.